The van der Waals surface area contributed by atoms with E-state index in [0.29, 0.717) is 11.1 Å². The lowest BCUT2D eigenvalue weighted by molar-refractivity contribution is -0.133. The topological polar surface area (TPSA) is 117 Å². The third-order valence-electron chi connectivity index (χ3n) is 4.30. The first-order valence-electron chi connectivity index (χ1n) is 9.28. The summed E-state index contributed by atoms with van der Waals surface area (Å²) < 4.78 is 34.7. The first kappa shape index (κ1) is 26.0. The van der Waals surface area contributed by atoms with Crippen molar-refractivity contribution >= 4 is 30.1 Å². The van der Waals surface area contributed by atoms with Crippen LogP contribution in [0.5, 0.6) is 0 Å². The number of carbonyl (C=O) groups excluding carboxylic acids is 2. The molecule has 0 aromatic heterocycles. The molecule has 0 fully saturated rings. The number of halogens is 3. The quantitative estimate of drug-likeness (QED) is 0.344. The molecule has 1 unspecified atom stereocenters. The van der Waals surface area contributed by atoms with Crippen LogP contribution >= 0.6 is 12.4 Å². The molecule has 0 spiro atoms. The van der Waals surface area contributed by atoms with Crippen molar-refractivity contribution in [2.24, 2.45) is 5.73 Å². The van der Waals surface area contributed by atoms with E-state index in [0.717, 1.165) is 6.07 Å². The molecule has 168 valence electrons. The van der Waals surface area contributed by atoms with Crippen molar-refractivity contribution in [3.8, 4) is 0 Å². The number of amidine groups is 1. The molecule has 5 N–H and O–H groups in total. The van der Waals surface area contributed by atoms with E-state index >= 15 is 0 Å². The Kier molecular flexibility index (Phi) is 10.0. The number of hydrogen-bond acceptors (Lipinski definition) is 4. The first-order valence-corrected chi connectivity index (χ1v) is 9.28. The SMILES string of the molecule is CCOC(C(=O)NCc1ccc(C(=N)N)cc1)c1c(F)ccc(CNC(C)=O)c1F.Cl. The number of ether oxygens (including phenoxy) is 1. The minimum Gasteiger partial charge on any atom is -0.384 e. The number of nitrogen functional groups attached to an aromatic ring is 1. The smallest absolute Gasteiger partial charge is 0.254 e. The molecule has 2 aromatic rings. The summed E-state index contributed by atoms with van der Waals surface area (Å²) in [6.45, 7) is 2.90. The van der Waals surface area contributed by atoms with Gasteiger partial charge in [-0.15, -0.1) is 12.4 Å². The Balaban J connectivity index is 0.00000480. The van der Waals surface area contributed by atoms with Crippen molar-refractivity contribution in [2.75, 3.05) is 6.61 Å². The third kappa shape index (κ3) is 7.01. The molecule has 2 rings (SSSR count). The predicted molar refractivity (Wildman–Crippen MR) is 115 cm³/mol. The molecule has 0 aliphatic rings. The van der Waals surface area contributed by atoms with Crippen molar-refractivity contribution in [1.82, 2.24) is 10.6 Å². The highest BCUT2D eigenvalue weighted by Gasteiger charge is 2.29. The maximum Gasteiger partial charge on any atom is 0.254 e. The molecule has 1 atom stereocenters. The lowest BCUT2D eigenvalue weighted by Gasteiger charge is -2.20. The minimum absolute atomic E-state index is 0. The van der Waals surface area contributed by atoms with Crippen LogP contribution in [0.3, 0.4) is 0 Å². The molecule has 0 saturated carbocycles. The van der Waals surface area contributed by atoms with Crippen molar-refractivity contribution < 1.29 is 23.1 Å². The van der Waals surface area contributed by atoms with E-state index in [1.807, 2.05) is 0 Å². The van der Waals surface area contributed by atoms with E-state index in [1.165, 1.54) is 13.0 Å². The highest BCUT2D eigenvalue weighted by Crippen LogP contribution is 2.27. The Morgan fingerprint density at radius 3 is 2.29 bits per heavy atom. The Morgan fingerprint density at radius 1 is 1.10 bits per heavy atom. The largest absolute Gasteiger partial charge is 0.384 e. The highest BCUT2D eigenvalue weighted by atomic mass is 35.5. The van der Waals surface area contributed by atoms with Crippen LogP contribution in [0.15, 0.2) is 36.4 Å². The molecule has 0 aliphatic carbocycles. The van der Waals surface area contributed by atoms with E-state index in [9.17, 15) is 18.4 Å². The fourth-order valence-corrected chi connectivity index (χ4v) is 2.75. The van der Waals surface area contributed by atoms with Gasteiger partial charge in [0, 0.05) is 37.7 Å². The summed E-state index contributed by atoms with van der Waals surface area (Å²) in [7, 11) is 0. The number of carbonyl (C=O) groups is 2. The molecule has 0 radical (unpaired) electrons. The number of amides is 2. The van der Waals surface area contributed by atoms with Gasteiger partial charge in [-0.2, -0.15) is 0 Å². The van der Waals surface area contributed by atoms with Gasteiger partial charge in [-0.25, -0.2) is 8.78 Å². The second-order valence-corrected chi connectivity index (χ2v) is 6.51. The summed E-state index contributed by atoms with van der Waals surface area (Å²) in [5.41, 5.74) is 6.19. The van der Waals surface area contributed by atoms with E-state index in [1.54, 1.807) is 31.2 Å². The van der Waals surface area contributed by atoms with Crippen molar-refractivity contribution in [3.05, 3.63) is 70.3 Å². The average molecular weight is 455 g/mol. The minimum atomic E-state index is -1.50. The zero-order valence-electron chi connectivity index (χ0n) is 17.1. The molecule has 10 heteroatoms. The molecular weight excluding hydrogens is 430 g/mol. The molecule has 0 aliphatic heterocycles. The van der Waals surface area contributed by atoms with E-state index in [-0.39, 0.29) is 49.4 Å². The molecule has 2 aromatic carbocycles. The van der Waals surface area contributed by atoms with Crippen LogP contribution in [0.1, 0.15) is 42.2 Å². The monoisotopic (exact) mass is 454 g/mol. The standard InChI is InChI=1S/C21H24F2N4O3.ClH/c1-3-30-19(17-16(22)9-8-15(18(17)23)11-26-12(2)28)21(29)27-10-13-4-6-14(7-5-13)20(24)25;/h4-9,19H,3,10-11H2,1-2H3,(H3,24,25)(H,26,28)(H,27,29);1H. The van der Waals surface area contributed by atoms with Gasteiger partial charge < -0.3 is 21.1 Å². The zero-order valence-corrected chi connectivity index (χ0v) is 17.9. The average Bonchev–Trinajstić information content (AvgIpc) is 2.71. The maximum absolute atomic E-state index is 14.9. The highest BCUT2D eigenvalue weighted by molar-refractivity contribution is 5.94. The summed E-state index contributed by atoms with van der Waals surface area (Å²) in [5.74, 6) is -3.01. The zero-order chi connectivity index (χ0) is 22.3. The van der Waals surface area contributed by atoms with Crippen molar-refractivity contribution in [3.63, 3.8) is 0 Å². The van der Waals surface area contributed by atoms with E-state index < -0.39 is 29.2 Å². The molecule has 7 nitrogen and oxygen atoms in total. The molecule has 0 bridgehead atoms. The summed E-state index contributed by atoms with van der Waals surface area (Å²) in [6, 6.07) is 8.88. The van der Waals surface area contributed by atoms with Gasteiger partial charge in [0.05, 0.1) is 5.56 Å². The van der Waals surface area contributed by atoms with E-state index in [2.05, 4.69) is 10.6 Å². The van der Waals surface area contributed by atoms with Crippen LogP contribution in [0.25, 0.3) is 0 Å². The van der Waals surface area contributed by atoms with Gasteiger partial charge >= 0.3 is 0 Å². The van der Waals surface area contributed by atoms with Crippen LogP contribution in [-0.4, -0.2) is 24.3 Å². The van der Waals surface area contributed by atoms with Crippen LogP contribution in [0, 0.1) is 17.0 Å². The predicted octanol–water partition coefficient (Wildman–Crippen LogP) is 2.70. The van der Waals surface area contributed by atoms with Gasteiger partial charge in [-0.3, -0.25) is 15.0 Å². The Labute approximate surface area is 185 Å². The van der Waals surface area contributed by atoms with Gasteiger partial charge in [0.1, 0.15) is 17.5 Å². The number of benzene rings is 2. The molecular formula is C21H25ClF2N4O3. The fraction of sp³-hybridized carbons (Fsp3) is 0.286. The maximum atomic E-state index is 14.9. The first-order chi connectivity index (χ1) is 14.2. The second kappa shape index (κ2) is 12.0. The normalized spacial score (nSPS) is 11.2. The molecule has 2 amide bonds. The van der Waals surface area contributed by atoms with Crippen LogP contribution in [-0.2, 0) is 27.4 Å². The van der Waals surface area contributed by atoms with Gasteiger partial charge in [0.15, 0.2) is 6.10 Å². The summed E-state index contributed by atoms with van der Waals surface area (Å²) >= 11 is 0. The van der Waals surface area contributed by atoms with Crippen molar-refractivity contribution in [2.45, 2.75) is 33.0 Å². The van der Waals surface area contributed by atoms with Crippen LogP contribution < -0.4 is 16.4 Å². The van der Waals surface area contributed by atoms with Gasteiger partial charge in [0.2, 0.25) is 5.91 Å². The number of nitrogens with one attached hydrogen (secondary N) is 3. The third-order valence-corrected chi connectivity index (χ3v) is 4.30. The summed E-state index contributed by atoms with van der Waals surface area (Å²) in [4.78, 5) is 23.8. The van der Waals surface area contributed by atoms with Gasteiger partial charge in [-0.1, -0.05) is 30.3 Å². The fourth-order valence-electron chi connectivity index (χ4n) is 2.75. The van der Waals surface area contributed by atoms with E-state index in [4.69, 9.17) is 15.9 Å². The van der Waals surface area contributed by atoms with Crippen molar-refractivity contribution in [1.29, 1.82) is 5.41 Å². The molecule has 0 saturated heterocycles. The second-order valence-electron chi connectivity index (χ2n) is 6.51. The Hall–Kier alpha value is -3.04. The molecule has 0 heterocycles. The summed E-state index contributed by atoms with van der Waals surface area (Å²) in [6.07, 6.45) is -1.50. The van der Waals surface area contributed by atoms with Gasteiger partial charge in [0.25, 0.3) is 5.91 Å². The lowest BCUT2D eigenvalue weighted by atomic mass is 10.0. The number of rotatable bonds is 9. The lowest BCUT2D eigenvalue weighted by Crippen LogP contribution is -2.32. The number of hydrogen-bond donors (Lipinski definition) is 4. The van der Waals surface area contributed by atoms with Crippen LogP contribution in [0.2, 0.25) is 0 Å². The van der Waals surface area contributed by atoms with Gasteiger partial charge in [-0.05, 0) is 18.6 Å². The Bertz CT molecular complexity index is 939. The Morgan fingerprint density at radius 2 is 1.74 bits per heavy atom. The number of nitrogens with two attached hydrogens (primary N) is 1. The van der Waals surface area contributed by atoms with Crippen LogP contribution in [0.4, 0.5) is 8.78 Å². The summed E-state index contributed by atoms with van der Waals surface area (Å²) in [5, 5.41) is 12.4. The molecule has 31 heavy (non-hydrogen) atoms.